The third kappa shape index (κ3) is 7.05. The Kier molecular flexibility index (Phi) is 10.3. The Hall–Kier alpha value is -0.120. The van der Waals surface area contributed by atoms with Crippen LogP contribution in [0.25, 0.3) is 0 Å². The lowest BCUT2D eigenvalue weighted by Crippen LogP contribution is -2.48. The molecular formula is C17H36N2O. The lowest BCUT2D eigenvalue weighted by Gasteiger charge is -2.36. The first-order valence-electron chi connectivity index (χ1n) is 8.85. The molecule has 0 bridgehead atoms. The normalized spacial score (nSPS) is 23.4. The van der Waals surface area contributed by atoms with Crippen LogP contribution in [0.3, 0.4) is 0 Å². The van der Waals surface area contributed by atoms with E-state index in [4.69, 9.17) is 4.74 Å². The van der Waals surface area contributed by atoms with Crippen molar-refractivity contribution in [2.45, 2.75) is 65.3 Å². The molecule has 1 aliphatic heterocycles. The minimum absolute atomic E-state index is 0.662. The van der Waals surface area contributed by atoms with E-state index in [1.165, 1.54) is 58.2 Å². The number of rotatable bonds is 11. The smallest absolute Gasteiger partial charge is 0.0521 e. The first-order chi connectivity index (χ1) is 9.81. The third-order valence-electron chi connectivity index (χ3n) is 4.28. The van der Waals surface area contributed by atoms with Crippen LogP contribution in [0.2, 0.25) is 0 Å². The quantitative estimate of drug-likeness (QED) is 0.630. The third-order valence-corrected chi connectivity index (χ3v) is 4.28. The Balaban J connectivity index is 2.44. The number of nitrogens with zero attached hydrogens (tertiary/aromatic N) is 1. The van der Waals surface area contributed by atoms with Crippen molar-refractivity contribution in [3.05, 3.63) is 0 Å². The molecule has 0 aromatic heterocycles. The molecule has 0 aromatic carbocycles. The van der Waals surface area contributed by atoms with Crippen molar-refractivity contribution in [2.24, 2.45) is 5.92 Å². The van der Waals surface area contributed by atoms with Gasteiger partial charge in [0.25, 0.3) is 0 Å². The van der Waals surface area contributed by atoms with Crippen LogP contribution in [0.15, 0.2) is 0 Å². The van der Waals surface area contributed by atoms with Gasteiger partial charge in [-0.1, -0.05) is 33.6 Å². The molecule has 1 saturated heterocycles. The Morgan fingerprint density at radius 2 is 1.75 bits per heavy atom. The van der Waals surface area contributed by atoms with Crippen LogP contribution in [-0.2, 0) is 4.74 Å². The van der Waals surface area contributed by atoms with Crippen molar-refractivity contribution >= 4 is 0 Å². The zero-order valence-corrected chi connectivity index (χ0v) is 14.0. The van der Waals surface area contributed by atoms with Crippen LogP contribution < -0.4 is 5.32 Å². The minimum Gasteiger partial charge on any atom is -0.381 e. The molecule has 1 heterocycles. The van der Waals surface area contributed by atoms with Gasteiger partial charge < -0.3 is 15.0 Å². The summed E-state index contributed by atoms with van der Waals surface area (Å²) in [6, 6.07) is 0.662. The fourth-order valence-corrected chi connectivity index (χ4v) is 2.96. The van der Waals surface area contributed by atoms with Crippen molar-refractivity contribution in [3.8, 4) is 0 Å². The molecule has 0 amide bonds. The van der Waals surface area contributed by atoms with Crippen LogP contribution in [0, 0.1) is 5.92 Å². The number of hydrogen-bond acceptors (Lipinski definition) is 3. The molecule has 1 N–H and O–H groups in total. The standard InChI is InChI=1S/C17H36N2O/c1-4-7-11-19(12-8-5-2)14-16-15-20-13-9-17(16)18-10-6-3/h16-18H,4-15H2,1-3H3. The maximum atomic E-state index is 5.74. The van der Waals surface area contributed by atoms with Crippen LogP contribution in [-0.4, -0.2) is 50.3 Å². The van der Waals surface area contributed by atoms with Gasteiger partial charge in [0.05, 0.1) is 6.61 Å². The molecule has 1 fully saturated rings. The van der Waals surface area contributed by atoms with E-state index in [9.17, 15) is 0 Å². The highest BCUT2D eigenvalue weighted by Crippen LogP contribution is 2.17. The van der Waals surface area contributed by atoms with Gasteiger partial charge in [0, 0.05) is 25.1 Å². The van der Waals surface area contributed by atoms with Crippen molar-refractivity contribution < 1.29 is 4.74 Å². The van der Waals surface area contributed by atoms with Gasteiger partial charge in [0.2, 0.25) is 0 Å². The van der Waals surface area contributed by atoms with Crippen LogP contribution >= 0.6 is 0 Å². The van der Waals surface area contributed by atoms with E-state index in [0.717, 1.165) is 19.8 Å². The summed E-state index contributed by atoms with van der Waals surface area (Å²) in [7, 11) is 0. The molecule has 0 spiro atoms. The second-order valence-corrected chi connectivity index (χ2v) is 6.19. The van der Waals surface area contributed by atoms with Crippen LogP contribution in [0.4, 0.5) is 0 Å². The predicted octanol–water partition coefficient (Wildman–Crippen LogP) is 3.29. The molecular weight excluding hydrogens is 248 g/mol. The molecule has 0 aromatic rings. The van der Waals surface area contributed by atoms with E-state index >= 15 is 0 Å². The van der Waals surface area contributed by atoms with Crippen LogP contribution in [0.1, 0.15) is 59.3 Å². The zero-order chi connectivity index (χ0) is 14.6. The number of ether oxygens (including phenoxy) is 1. The van der Waals surface area contributed by atoms with Gasteiger partial charge in [0.1, 0.15) is 0 Å². The average molecular weight is 284 g/mol. The maximum absolute atomic E-state index is 5.74. The molecule has 0 aliphatic carbocycles. The Bertz CT molecular complexity index is 215. The number of nitrogens with one attached hydrogen (secondary N) is 1. The molecule has 2 atom stereocenters. The van der Waals surface area contributed by atoms with Crippen molar-refractivity contribution in [3.63, 3.8) is 0 Å². The summed E-state index contributed by atoms with van der Waals surface area (Å²) in [6.07, 6.45) is 7.64. The van der Waals surface area contributed by atoms with Gasteiger partial charge in [0.15, 0.2) is 0 Å². The SMILES string of the molecule is CCCCN(CCCC)CC1COCCC1NCCC. The summed E-state index contributed by atoms with van der Waals surface area (Å²) < 4.78 is 5.74. The monoisotopic (exact) mass is 284 g/mol. The highest BCUT2D eigenvalue weighted by Gasteiger charge is 2.26. The van der Waals surface area contributed by atoms with E-state index in [-0.39, 0.29) is 0 Å². The summed E-state index contributed by atoms with van der Waals surface area (Å²) in [6.45, 7) is 13.6. The van der Waals surface area contributed by atoms with E-state index in [2.05, 4.69) is 31.0 Å². The Morgan fingerprint density at radius 3 is 2.35 bits per heavy atom. The van der Waals surface area contributed by atoms with Gasteiger partial charge in [-0.25, -0.2) is 0 Å². The Morgan fingerprint density at radius 1 is 1.05 bits per heavy atom. The predicted molar refractivity (Wildman–Crippen MR) is 87.3 cm³/mol. The Labute approximate surface area is 126 Å². The van der Waals surface area contributed by atoms with Gasteiger partial charge >= 0.3 is 0 Å². The molecule has 0 radical (unpaired) electrons. The van der Waals surface area contributed by atoms with Gasteiger partial charge in [-0.3, -0.25) is 0 Å². The fraction of sp³-hybridized carbons (Fsp3) is 1.00. The van der Waals surface area contributed by atoms with E-state index in [1.54, 1.807) is 0 Å². The second kappa shape index (κ2) is 11.5. The molecule has 1 rings (SSSR count). The second-order valence-electron chi connectivity index (χ2n) is 6.19. The van der Waals surface area contributed by atoms with Gasteiger partial charge in [-0.15, -0.1) is 0 Å². The molecule has 3 heteroatoms. The molecule has 0 saturated carbocycles. The minimum atomic E-state index is 0.662. The molecule has 2 unspecified atom stereocenters. The van der Waals surface area contributed by atoms with Crippen molar-refractivity contribution in [2.75, 3.05) is 39.4 Å². The molecule has 120 valence electrons. The van der Waals surface area contributed by atoms with E-state index < -0.39 is 0 Å². The summed E-state index contributed by atoms with van der Waals surface area (Å²) in [4.78, 5) is 2.67. The van der Waals surface area contributed by atoms with Gasteiger partial charge in [-0.05, 0) is 45.3 Å². The van der Waals surface area contributed by atoms with E-state index in [0.29, 0.717) is 12.0 Å². The first kappa shape index (κ1) is 17.9. The van der Waals surface area contributed by atoms with Crippen LogP contribution in [0.5, 0.6) is 0 Å². The topological polar surface area (TPSA) is 24.5 Å². The lowest BCUT2D eigenvalue weighted by molar-refractivity contribution is 0.0162. The fourth-order valence-electron chi connectivity index (χ4n) is 2.96. The maximum Gasteiger partial charge on any atom is 0.0521 e. The average Bonchev–Trinajstić information content (AvgIpc) is 2.49. The summed E-state index contributed by atoms with van der Waals surface area (Å²) in [5.74, 6) is 0.670. The molecule has 20 heavy (non-hydrogen) atoms. The molecule has 1 aliphatic rings. The van der Waals surface area contributed by atoms with Crippen molar-refractivity contribution in [1.82, 2.24) is 10.2 Å². The number of hydrogen-bond donors (Lipinski definition) is 1. The summed E-state index contributed by atoms with van der Waals surface area (Å²) >= 11 is 0. The zero-order valence-electron chi connectivity index (χ0n) is 14.0. The first-order valence-corrected chi connectivity index (χ1v) is 8.85. The highest BCUT2D eigenvalue weighted by molar-refractivity contribution is 4.82. The summed E-state index contributed by atoms with van der Waals surface area (Å²) in [5, 5.41) is 3.73. The lowest BCUT2D eigenvalue weighted by atomic mass is 9.94. The van der Waals surface area contributed by atoms with E-state index in [1.807, 2.05) is 0 Å². The summed E-state index contributed by atoms with van der Waals surface area (Å²) in [5.41, 5.74) is 0. The number of unbranched alkanes of at least 4 members (excludes halogenated alkanes) is 2. The van der Waals surface area contributed by atoms with Gasteiger partial charge in [-0.2, -0.15) is 0 Å². The largest absolute Gasteiger partial charge is 0.381 e. The molecule has 3 nitrogen and oxygen atoms in total. The van der Waals surface area contributed by atoms with Crippen molar-refractivity contribution in [1.29, 1.82) is 0 Å². The highest BCUT2D eigenvalue weighted by atomic mass is 16.5.